The number of rotatable bonds is 6. The van der Waals surface area contributed by atoms with Gasteiger partial charge in [0.2, 0.25) is 11.8 Å². The third-order valence-corrected chi connectivity index (χ3v) is 5.15. The maximum Gasteiger partial charge on any atom is 0.246 e. The number of hydrogen-bond donors (Lipinski definition) is 0. The van der Waals surface area contributed by atoms with E-state index in [1.54, 1.807) is 11.4 Å². The van der Waals surface area contributed by atoms with E-state index in [9.17, 15) is 22.8 Å². The van der Waals surface area contributed by atoms with Gasteiger partial charge in [-0.25, -0.2) is 18.2 Å². The van der Waals surface area contributed by atoms with Crippen LogP contribution in [-0.4, -0.2) is 28.7 Å². The molecule has 0 aliphatic heterocycles. The lowest BCUT2D eigenvalue weighted by Gasteiger charge is -2.18. The first-order valence-electron chi connectivity index (χ1n) is 9.14. The fraction of sp³-hybridized carbons (Fsp3) is 0.136. The number of thiazole rings is 1. The Hall–Kier alpha value is -3.46. The van der Waals surface area contributed by atoms with Gasteiger partial charge in [-0.1, -0.05) is 18.2 Å². The molecule has 0 saturated carbocycles. The van der Waals surface area contributed by atoms with Gasteiger partial charge in [-0.15, -0.1) is 11.3 Å². The van der Waals surface area contributed by atoms with Crippen LogP contribution in [0, 0.1) is 17.5 Å². The molecule has 3 rings (SSSR count). The molecule has 0 saturated heterocycles. The van der Waals surface area contributed by atoms with Gasteiger partial charge in [0.15, 0.2) is 5.13 Å². The topological polar surface area (TPSA) is 53.5 Å². The first-order chi connectivity index (χ1) is 14.8. The Labute approximate surface area is 181 Å². The Balaban J connectivity index is 1.72. The number of amides is 2. The molecule has 0 bridgehead atoms. The lowest BCUT2D eigenvalue weighted by Crippen LogP contribution is -2.24. The summed E-state index contributed by atoms with van der Waals surface area (Å²) in [5.41, 5.74) is 0.665. The number of carbonyl (C=O) groups excluding carboxylic acids is 2. The normalized spacial score (nSPS) is 11.0. The largest absolute Gasteiger partial charge is 0.338 e. The van der Waals surface area contributed by atoms with Crippen LogP contribution in [0.15, 0.2) is 53.9 Å². The van der Waals surface area contributed by atoms with Crippen molar-refractivity contribution in [2.45, 2.75) is 13.5 Å². The Morgan fingerprint density at radius 1 is 1.10 bits per heavy atom. The molecule has 0 radical (unpaired) electrons. The molecular formula is C22H18F3N3O2S. The zero-order chi connectivity index (χ0) is 22.5. The van der Waals surface area contributed by atoms with Crippen LogP contribution in [0.5, 0.6) is 0 Å². The lowest BCUT2D eigenvalue weighted by molar-refractivity contribution is -0.125. The van der Waals surface area contributed by atoms with Crippen molar-refractivity contribution in [3.8, 4) is 0 Å². The molecule has 0 atom stereocenters. The molecule has 0 aliphatic carbocycles. The van der Waals surface area contributed by atoms with Crippen LogP contribution in [0.1, 0.15) is 18.2 Å². The van der Waals surface area contributed by atoms with E-state index in [0.717, 1.165) is 28.4 Å². The van der Waals surface area contributed by atoms with Crippen LogP contribution in [-0.2, 0) is 16.1 Å². The second-order valence-corrected chi connectivity index (χ2v) is 7.46. The highest BCUT2D eigenvalue weighted by Crippen LogP contribution is 2.31. The van der Waals surface area contributed by atoms with Crippen molar-refractivity contribution in [1.82, 2.24) is 9.88 Å². The third-order valence-electron chi connectivity index (χ3n) is 4.30. The smallest absolute Gasteiger partial charge is 0.246 e. The molecule has 3 aromatic rings. The van der Waals surface area contributed by atoms with Crippen LogP contribution < -0.4 is 4.90 Å². The summed E-state index contributed by atoms with van der Waals surface area (Å²) < 4.78 is 40.9. The summed E-state index contributed by atoms with van der Waals surface area (Å²) in [6.07, 6.45) is 2.70. The molecule has 31 heavy (non-hydrogen) atoms. The number of hydrogen-bond acceptors (Lipinski definition) is 4. The van der Waals surface area contributed by atoms with Crippen molar-refractivity contribution in [3.05, 3.63) is 82.6 Å². The number of benzene rings is 2. The van der Waals surface area contributed by atoms with E-state index in [4.69, 9.17) is 0 Å². The van der Waals surface area contributed by atoms with Crippen molar-refractivity contribution in [3.63, 3.8) is 0 Å². The summed E-state index contributed by atoms with van der Waals surface area (Å²) in [5, 5.41) is 1.88. The summed E-state index contributed by atoms with van der Waals surface area (Å²) in [7, 11) is 1.48. The molecule has 2 aromatic carbocycles. The van der Waals surface area contributed by atoms with E-state index >= 15 is 0 Å². The summed E-state index contributed by atoms with van der Waals surface area (Å²) in [6, 6.07) is 9.02. The second kappa shape index (κ2) is 9.57. The minimum atomic E-state index is -0.731. The molecule has 0 unspecified atom stereocenters. The van der Waals surface area contributed by atoms with Crippen molar-refractivity contribution in [2.24, 2.45) is 0 Å². The molecule has 2 amide bonds. The van der Waals surface area contributed by atoms with Crippen molar-refractivity contribution in [2.75, 3.05) is 11.9 Å². The van der Waals surface area contributed by atoms with Crippen LogP contribution in [0.4, 0.5) is 24.0 Å². The maximum atomic E-state index is 14.1. The number of nitrogens with zero attached hydrogens (tertiary/aromatic N) is 3. The van der Waals surface area contributed by atoms with Gasteiger partial charge in [0.05, 0.1) is 11.4 Å². The molecule has 0 spiro atoms. The van der Waals surface area contributed by atoms with Gasteiger partial charge in [0, 0.05) is 43.6 Å². The highest BCUT2D eigenvalue weighted by molar-refractivity contribution is 7.14. The Bertz CT molecular complexity index is 1150. The lowest BCUT2D eigenvalue weighted by atomic mass is 10.2. The maximum absolute atomic E-state index is 14.1. The molecule has 0 N–H and O–H groups in total. The zero-order valence-electron chi connectivity index (χ0n) is 16.7. The monoisotopic (exact) mass is 445 g/mol. The van der Waals surface area contributed by atoms with E-state index in [2.05, 4.69) is 4.98 Å². The predicted molar refractivity (Wildman–Crippen MR) is 113 cm³/mol. The zero-order valence-corrected chi connectivity index (χ0v) is 17.5. The average molecular weight is 445 g/mol. The second-order valence-electron chi connectivity index (χ2n) is 6.62. The molecule has 5 nitrogen and oxygen atoms in total. The van der Waals surface area contributed by atoms with Crippen LogP contribution >= 0.6 is 11.3 Å². The van der Waals surface area contributed by atoms with E-state index in [-0.39, 0.29) is 22.9 Å². The highest BCUT2D eigenvalue weighted by Gasteiger charge is 2.20. The van der Waals surface area contributed by atoms with Crippen molar-refractivity contribution < 1.29 is 22.8 Å². The molecule has 1 heterocycles. The number of anilines is 2. The average Bonchev–Trinajstić information content (AvgIpc) is 3.18. The van der Waals surface area contributed by atoms with E-state index in [1.807, 2.05) is 0 Å². The third kappa shape index (κ3) is 5.37. The molecular weight excluding hydrogens is 427 g/mol. The molecule has 0 aliphatic rings. The van der Waals surface area contributed by atoms with Crippen LogP contribution in [0.3, 0.4) is 0 Å². The predicted octanol–water partition coefficient (Wildman–Crippen LogP) is 4.92. The SMILES string of the molecule is CC(=O)N(c1nc(/C=C/C(=O)N(C)Cc2ccc(F)cc2F)cs1)c1ccccc1F. The van der Waals surface area contributed by atoms with Gasteiger partial charge in [-0.2, -0.15) is 0 Å². The summed E-state index contributed by atoms with van der Waals surface area (Å²) in [6.45, 7) is 1.26. The fourth-order valence-electron chi connectivity index (χ4n) is 2.76. The van der Waals surface area contributed by atoms with E-state index < -0.39 is 29.3 Å². The number of para-hydroxylation sites is 1. The number of likely N-dealkylation sites (N-methyl/N-ethyl adjacent to an activating group) is 1. The standard InChI is InChI=1S/C22H18F3N3O2S/c1-14(29)28(20-6-4-3-5-18(20)24)22-26-17(13-31-22)9-10-21(30)27(2)12-15-7-8-16(23)11-19(15)25/h3-11,13H,12H2,1-2H3/b10-9+. The van der Waals surface area contributed by atoms with Gasteiger partial charge in [-0.05, 0) is 24.3 Å². The highest BCUT2D eigenvalue weighted by atomic mass is 32.1. The van der Waals surface area contributed by atoms with Gasteiger partial charge in [0.25, 0.3) is 0 Å². The Morgan fingerprint density at radius 2 is 1.84 bits per heavy atom. The summed E-state index contributed by atoms with van der Waals surface area (Å²) in [5.74, 6) is -2.81. The quantitative estimate of drug-likeness (QED) is 0.507. The number of halogens is 3. The first kappa shape index (κ1) is 22.2. The minimum absolute atomic E-state index is 0.0387. The number of aromatic nitrogens is 1. The molecule has 0 fully saturated rings. The van der Waals surface area contributed by atoms with Crippen LogP contribution in [0.25, 0.3) is 6.08 Å². The first-order valence-corrected chi connectivity index (χ1v) is 10.0. The van der Waals surface area contributed by atoms with E-state index in [0.29, 0.717) is 5.69 Å². The number of carbonyl (C=O) groups is 2. The minimum Gasteiger partial charge on any atom is -0.338 e. The van der Waals surface area contributed by atoms with Gasteiger partial charge in [-0.3, -0.25) is 14.5 Å². The van der Waals surface area contributed by atoms with Gasteiger partial charge < -0.3 is 4.90 Å². The Morgan fingerprint density at radius 3 is 2.52 bits per heavy atom. The molecule has 9 heteroatoms. The summed E-state index contributed by atoms with van der Waals surface area (Å²) >= 11 is 1.12. The molecule has 160 valence electrons. The van der Waals surface area contributed by atoms with Crippen LogP contribution in [0.2, 0.25) is 0 Å². The summed E-state index contributed by atoms with van der Waals surface area (Å²) in [4.78, 5) is 31.1. The van der Waals surface area contributed by atoms with Crippen molar-refractivity contribution >= 4 is 40.0 Å². The van der Waals surface area contributed by atoms with Crippen molar-refractivity contribution in [1.29, 1.82) is 0 Å². The van der Waals surface area contributed by atoms with Gasteiger partial charge >= 0.3 is 0 Å². The van der Waals surface area contributed by atoms with E-state index in [1.165, 1.54) is 55.3 Å². The van der Waals surface area contributed by atoms with Gasteiger partial charge in [0.1, 0.15) is 17.5 Å². The molecule has 1 aromatic heterocycles. The fourth-order valence-corrected chi connectivity index (χ4v) is 3.61. The Kier molecular flexibility index (Phi) is 6.86.